The summed E-state index contributed by atoms with van der Waals surface area (Å²) >= 11 is 9.95. The minimum atomic E-state index is -2.26. The van der Waals surface area contributed by atoms with Crippen LogP contribution in [0.2, 0.25) is 0 Å². The standard InChI is InChI=1S/C5H12NO3PS2.CHNS.Au/c1-6-5(7)4-12-10(11,8-2)9-3;2-1-3;/h4H2,1-3H3,(H,6,7);3H;/q;;+1/p-1. The molecule has 1 amide bonds. The van der Waals surface area contributed by atoms with Gasteiger partial charge >= 0.3 is 22.4 Å². The van der Waals surface area contributed by atoms with E-state index in [9.17, 15) is 4.79 Å². The maximum atomic E-state index is 10.8. The number of carbonyl (C=O) groups excluding carboxylic acids is 1. The van der Waals surface area contributed by atoms with Crippen LogP contribution in [0.25, 0.3) is 0 Å². The normalized spacial score (nSPS) is 8.88. The van der Waals surface area contributed by atoms with Gasteiger partial charge in [0, 0.05) is 21.3 Å². The van der Waals surface area contributed by atoms with Crippen LogP contribution in [0.5, 0.6) is 0 Å². The van der Waals surface area contributed by atoms with Gasteiger partial charge in [0.05, 0.1) is 5.75 Å². The van der Waals surface area contributed by atoms with Crippen molar-refractivity contribution in [3.63, 3.8) is 0 Å². The van der Waals surface area contributed by atoms with Crippen LogP contribution in [0.15, 0.2) is 0 Å². The monoisotopic (exact) mass is 484 g/mol. The van der Waals surface area contributed by atoms with E-state index < -0.39 is 5.69 Å². The maximum Gasteiger partial charge on any atom is 1.00 e. The molecule has 0 aliphatic heterocycles. The molecule has 10 heteroatoms. The summed E-state index contributed by atoms with van der Waals surface area (Å²) in [6, 6.07) is 0. The first kappa shape index (κ1) is 22.1. The Morgan fingerprint density at radius 1 is 1.62 bits per heavy atom. The number of carbonyl (C=O) groups is 1. The van der Waals surface area contributed by atoms with E-state index in [0.717, 1.165) is 0 Å². The summed E-state index contributed by atoms with van der Waals surface area (Å²) in [5, 5.41) is 11.0. The van der Waals surface area contributed by atoms with E-state index in [0.29, 0.717) is 0 Å². The fourth-order valence-corrected chi connectivity index (χ4v) is 3.10. The Hall–Kier alpha value is 0.840. The predicted octanol–water partition coefficient (Wildman–Crippen LogP) is 0.995. The van der Waals surface area contributed by atoms with Crippen molar-refractivity contribution in [1.82, 2.24) is 5.32 Å². The average Bonchev–Trinajstić information content (AvgIpc) is 2.26. The van der Waals surface area contributed by atoms with Crippen molar-refractivity contribution in [2.45, 2.75) is 0 Å². The van der Waals surface area contributed by atoms with Crippen molar-refractivity contribution >= 4 is 47.4 Å². The number of nitrogens with zero attached hydrogens (tertiary/aromatic N) is 1. The second-order valence-electron chi connectivity index (χ2n) is 1.85. The van der Waals surface area contributed by atoms with Gasteiger partial charge in [0.1, 0.15) is 0 Å². The summed E-state index contributed by atoms with van der Waals surface area (Å²) in [6.45, 7) is 0. The Morgan fingerprint density at radius 3 is 2.25 bits per heavy atom. The molecule has 0 bridgehead atoms. The largest absolute Gasteiger partial charge is 1.00 e. The van der Waals surface area contributed by atoms with Crippen LogP contribution in [0.4, 0.5) is 0 Å². The van der Waals surface area contributed by atoms with Crippen LogP contribution in [0.3, 0.4) is 0 Å². The molecule has 0 saturated carbocycles. The molecule has 0 saturated heterocycles. The average molecular weight is 484 g/mol. The van der Waals surface area contributed by atoms with Crippen LogP contribution < -0.4 is 5.32 Å². The van der Waals surface area contributed by atoms with Gasteiger partial charge in [0.15, 0.2) is 0 Å². The van der Waals surface area contributed by atoms with Gasteiger partial charge in [-0.05, 0) is 11.8 Å². The summed E-state index contributed by atoms with van der Waals surface area (Å²) in [5.41, 5.74) is -2.26. The SMILES string of the molecule is CNC(=O)CSP(=S)(OC)OC.N#C[S-].[Au+]. The van der Waals surface area contributed by atoms with E-state index in [-0.39, 0.29) is 34.0 Å². The van der Waals surface area contributed by atoms with Gasteiger partial charge in [0.2, 0.25) is 11.6 Å². The number of amides is 1. The number of rotatable bonds is 5. The molecule has 0 rings (SSSR count). The molecule has 5 nitrogen and oxygen atoms in total. The zero-order valence-corrected chi connectivity index (χ0v) is 14.4. The molecule has 1 N–H and O–H groups in total. The Bertz CT molecular complexity index is 266. The Balaban J connectivity index is -0.000000377. The van der Waals surface area contributed by atoms with Crippen molar-refractivity contribution in [1.29, 1.82) is 5.26 Å². The molecule has 0 aromatic heterocycles. The maximum absolute atomic E-state index is 10.8. The zero-order chi connectivity index (χ0) is 12.3. The molecule has 0 unspecified atom stereocenters. The van der Waals surface area contributed by atoms with E-state index in [2.05, 4.69) is 17.9 Å². The fraction of sp³-hybridized carbons (Fsp3) is 0.667. The molecule has 0 aromatic carbocycles. The van der Waals surface area contributed by atoms with E-state index in [1.165, 1.54) is 31.0 Å². The summed E-state index contributed by atoms with van der Waals surface area (Å²) in [6.07, 6.45) is 0. The molecule has 0 aliphatic carbocycles. The molecule has 0 aromatic rings. The van der Waals surface area contributed by atoms with Gasteiger partial charge < -0.3 is 27.0 Å². The van der Waals surface area contributed by atoms with Crippen LogP contribution in [0.1, 0.15) is 0 Å². The van der Waals surface area contributed by atoms with Crippen molar-refractivity contribution in [3.05, 3.63) is 0 Å². The molecule has 16 heavy (non-hydrogen) atoms. The van der Waals surface area contributed by atoms with Gasteiger partial charge in [-0.3, -0.25) is 4.79 Å². The second kappa shape index (κ2) is 13.9. The molecule has 0 radical (unpaired) electrons. The predicted molar refractivity (Wildman–Crippen MR) is 67.8 cm³/mol. The third-order valence-corrected chi connectivity index (χ3v) is 6.76. The van der Waals surface area contributed by atoms with Gasteiger partial charge in [-0.2, -0.15) is 0 Å². The summed E-state index contributed by atoms with van der Waals surface area (Å²) in [5.74, 6) is 0.193. The summed E-state index contributed by atoms with van der Waals surface area (Å²) < 4.78 is 9.94. The van der Waals surface area contributed by atoms with E-state index in [4.69, 9.17) is 26.1 Å². The van der Waals surface area contributed by atoms with Crippen LogP contribution in [0, 0.1) is 10.7 Å². The first-order chi connectivity index (χ1) is 6.99. The summed E-state index contributed by atoms with van der Waals surface area (Å²) in [4.78, 5) is 10.8. The van der Waals surface area contributed by atoms with Gasteiger partial charge in [-0.25, -0.2) is 5.26 Å². The molecule has 0 atom stereocenters. The van der Waals surface area contributed by atoms with Gasteiger partial charge in [-0.15, -0.1) is 0 Å². The summed E-state index contributed by atoms with van der Waals surface area (Å²) in [7, 11) is 4.55. The van der Waals surface area contributed by atoms with Crippen LogP contribution in [-0.4, -0.2) is 32.9 Å². The minimum absolute atomic E-state index is 0. The minimum Gasteiger partial charge on any atom is -0.696 e. The second-order valence-corrected chi connectivity index (χ2v) is 8.56. The molecular formula is C6H12AuN2O3PS3. The van der Waals surface area contributed by atoms with Crippen molar-refractivity contribution in [3.8, 4) is 5.40 Å². The fourth-order valence-electron chi connectivity index (χ4n) is 0.390. The molecule has 98 valence electrons. The molecule has 0 aliphatic rings. The number of hydrogen-bond donors (Lipinski definition) is 1. The van der Waals surface area contributed by atoms with E-state index in [1.54, 1.807) is 7.05 Å². The molecule has 0 fully saturated rings. The molecule has 0 heterocycles. The van der Waals surface area contributed by atoms with Crippen molar-refractivity contribution in [2.24, 2.45) is 0 Å². The van der Waals surface area contributed by atoms with Gasteiger partial charge in [0.25, 0.3) is 0 Å². The molecular weight excluding hydrogens is 472 g/mol. The smallest absolute Gasteiger partial charge is 0.696 e. The number of nitrogens with one attached hydrogen (secondary N) is 1. The first-order valence-electron chi connectivity index (χ1n) is 3.57. The molecule has 0 spiro atoms. The zero-order valence-electron chi connectivity index (χ0n) is 8.85. The van der Waals surface area contributed by atoms with Gasteiger partial charge in [-0.1, -0.05) is 16.8 Å². The van der Waals surface area contributed by atoms with E-state index >= 15 is 0 Å². The topological polar surface area (TPSA) is 71.3 Å². The van der Waals surface area contributed by atoms with Crippen molar-refractivity contribution < 1.29 is 36.2 Å². The Morgan fingerprint density at radius 2 is 2.00 bits per heavy atom. The number of hydrogen-bond acceptors (Lipinski definition) is 7. The third kappa shape index (κ3) is 12.9. The van der Waals surface area contributed by atoms with Crippen LogP contribution in [-0.2, 0) is 60.7 Å². The quantitative estimate of drug-likeness (QED) is 0.270. The Kier molecular flexibility index (Phi) is 19.2. The Labute approximate surface area is 126 Å². The van der Waals surface area contributed by atoms with E-state index in [1.807, 2.05) is 0 Å². The third-order valence-electron chi connectivity index (χ3n) is 1.08. The number of thiocyanates is 1. The van der Waals surface area contributed by atoms with Crippen LogP contribution >= 0.6 is 17.1 Å². The first-order valence-corrected chi connectivity index (χ1v) is 8.21. The number of nitriles is 1. The van der Waals surface area contributed by atoms with Crippen molar-refractivity contribution in [2.75, 3.05) is 27.0 Å².